The van der Waals surface area contributed by atoms with Crippen LogP contribution in [0.1, 0.15) is 162 Å². The largest absolute Gasteiger partial charge is 0.462 e. The maximum absolute atomic E-state index is 12.5. The van der Waals surface area contributed by atoms with Gasteiger partial charge in [-0.1, -0.05) is 162 Å². The summed E-state index contributed by atoms with van der Waals surface area (Å²) in [6.07, 6.45) is 59.8. The molecule has 0 aliphatic carbocycles. The number of hydrogen-bond acceptors (Lipinski definition) is 5. The Labute approximate surface area is 332 Å². The van der Waals surface area contributed by atoms with E-state index in [1.165, 1.54) is 12.8 Å². The van der Waals surface area contributed by atoms with Gasteiger partial charge in [0.15, 0.2) is 6.10 Å². The molecule has 0 N–H and O–H groups in total. The Kier molecular flexibility index (Phi) is 41.2. The van der Waals surface area contributed by atoms with Crippen LogP contribution in [-0.2, 0) is 23.8 Å². The molecule has 0 saturated heterocycles. The van der Waals surface area contributed by atoms with Gasteiger partial charge in [-0.3, -0.25) is 9.59 Å². The maximum Gasteiger partial charge on any atom is 0.306 e. The Morgan fingerprint density at radius 3 is 1.31 bits per heavy atom. The number of hydrogen-bond donors (Lipinski definition) is 0. The molecule has 0 fully saturated rings. The third-order valence-corrected chi connectivity index (χ3v) is 8.30. The lowest BCUT2D eigenvalue weighted by Gasteiger charge is -2.18. The van der Waals surface area contributed by atoms with Gasteiger partial charge < -0.3 is 14.2 Å². The molecule has 54 heavy (non-hydrogen) atoms. The van der Waals surface area contributed by atoms with Gasteiger partial charge in [-0.2, -0.15) is 0 Å². The first-order chi connectivity index (χ1) is 26.6. The Balaban J connectivity index is 4.26. The Bertz CT molecular complexity index is 1120. The van der Waals surface area contributed by atoms with E-state index in [1.807, 2.05) is 0 Å². The van der Waals surface area contributed by atoms with E-state index in [4.69, 9.17) is 14.2 Å². The molecule has 0 aromatic rings. The number of carbonyl (C=O) groups is 2. The van der Waals surface area contributed by atoms with Crippen molar-refractivity contribution < 1.29 is 23.8 Å². The normalized spacial score (nSPS) is 13.3. The van der Waals surface area contributed by atoms with Crippen molar-refractivity contribution in [2.75, 3.05) is 19.8 Å². The molecule has 0 aliphatic rings. The standard InChI is InChI=1S/C49H78O5/c1-4-7-10-13-15-17-19-21-22-23-24-25-26-27-29-31-33-35-38-41-44-52-45-47(54-49(51)43-40-36-12-9-6-3)46-53-48(50)42-39-37-34-32-30-28-20-18-16-14-11-8-5-2/h7-8,10-11,15-18,21-22,24-25,27-30,33,35,47H,4-6,9,12-14,19-20,23,26,31-32,34,36-46H2,1-3H3/b10-7-,11-8-,17-15-,18-16-,22-21-,25-24-,29-27-,30-28-,35-33-. The third-order valence-electron chi connectivity index (χ3n) is 8.30. The summed E-state index contributed by atoms with van der Waals surface area (Å²) in [7, 11) is 0. The molecule has 0 saturated carbocycles. The highest BCUT2D eigenvalue weighted by Gasteiger charge is 2.17. The van der Waals surface area contributed by atoms with Crippen molar-refractivity contribution in [3.63, 3.8) is 0 Å². The summed E-state index contributed by atoms with van der Waals surface area (Å²) in [4.78, 5) is 24.9. The molecule has 1 atom stereocenters. The molecular formula is C49H78O5. The Morgan fingerprint density at radius 1 is 0.426 bits per heavy atom. The first-order valence-electron chi connectivity index (χ1n) is 21.4. The van der Waals surface area contributed by atoms with E-state index in [0.717, 1.165) is 116 Å². The molecule has 0 spiro atoms. The van der Waals surface area contributed by atoms with Crippen LogP contribution < -0.4 is 0 Å². The van der Waals surface area contributed by atoms with Gasteiger partial charge >= 0.3 is 11.9 Å². The van der Waals surface area contributed by atoms with Crippen LogP contribution in [0.25, 0.3) is 0 Å². The fourth-order valence-corrected chi connectivity index (χ4v) is 5.18. The second-order valence-corrected chi connectivity index (χ2v) is 13.5. The number of rotatable bonds is 37. The lowest BCUT2D eigenvalue weighted by molar-refractivity contribution is -0.163. The minimum atomic E-state index is -0.579. The van der Waals surface area contributed by atoms with Gasteiger partial charge in [0, 0.05) is 19.4 Å². The number of ether oxygens (including phenoxy) is 3. The van der Waals surface area contributed by atoms with Gasteiger partial charge in [0.25, 0.3) is 0 Å². The van der Waals surface area contributed by atoms with E-state index in [9.17, 15) is 9.59 Å². The summed E-state index contributed by atoms with van der Waals surface area (Å²) < 4.78 is 17.1. The number of carbonyl (C=O) groups excluding carboxylic acids is 2. The van der Waals surface area contributed by atoms with Crippen molar-refractivity contribution in [2.24, 2.45) is 0 Å². The summed E-state index contributed by atoms with van der Waals surface area (Å²) in [5, 5.41) is 0. The van der Waals surface area contributed by atoms with Crippen LogP contribution in [0.5, 0.6) is 0 Å². The molecule has 0 amide bonds. The highest BCUT2D eigenvalue weighted by atomic mass is 16.6. The van der Waals surface area contributed by atoms with Crippen molar-refractivity contribution in [2.45, 2.75) is 168 Å². The summed E-state index contributed by atoms with van der Waals surface area (Å²) in [6, 6.07) is 0. The average Bonchev–Trinajstić information content (AvgIpc) is 3.17. The predicted molar refractivity (Wildman–Crippen MR) is 233 cm³/mol. The van der Waals surface area contributed by atoms with E-state index in [2.05, 4.69) is 130 Å². The zero-order chi connectivity index (χ0) is 39.3. The molecule has 0 bridgehead atoms. The van der Waals surface area contributed by atoms with Gasteiger partial charge in [0.05, 0.1) is 6.61 Å². The van der Waals surface area contributed by atoms with Crippen LogP contribution in [0.3, 0.4) is 0 Å². The number of esters is 2. The van der Waals surface area contributed by atoms with E-state index in [1.54, 1.807) is 0 Å². The number of allylic oxidation sites excluding steroid dienone is 18. The fourth-order valence-electron chi connectivity index (χ4n) is 5.18. The highest BCUT2D eigenvalue weighted by molar-refractivity contribution is 5.70. The van der Waals surface area contributed by atoms with Crippen molar-refractivity contribution >= 4 is 11.9 Å². The highest BCUT2D eigenvalue weighted by Crippen LogP contribution is 2.10. The lowest BCUT2D eigenvalue weighted by atomic mass is 10.1. The second kappa shape index (κ2) is 44.0. The summed E-state index contributed by atoms with van der Waals surface area (Å²) in [5.74, 6) is -0.489. The van der Waals surface area contributed by atoms with Crippen LogP contribution in [0, 0.1) is 0 Å². The molecule has 304 valence electrons. The van der Waals surface area contributed by atoms with Gasteiger partial charge in [0.1, 0.15) is 6.61 Å². The van der Waals surface area contributed by atoms with E-state index in [-0.39, 0.29) is 25.2 Å². The molecule has 5 heteroatoms. The van der Waals surface area contributed by atoms with Crippen molar-refractivity contribution in [1.82, 2.24) is 0 Å². The SMILES string of the molecule is CC/C=C\C/C=C\C/C=C\C/C=C\C/C=C\C/C=C\CCCOCC(COC(=O)CCCCC/C=C\C/C=C\C/C=C\CC)OC(=O)CCCCCCC. The van der Waals surface area contributed by atoms with Crippen LogP contribution >= 0.6 is 0 Å². The molecule has 5 nitrogen and oxygen atoms in total. The maximum atomic E-state index is 12.5. The molecule has 1 unspecified atom stereocenters. The van der Waals surface area contributed by atoms with E-state index >= 15 is 0 Å². The Hall–Kier alpha value is -3.44. The molecule has 0 heterocycles. The third kappa shape index (κ3) is 41.3. The van der Waals surface area contributed by atoms with Crippen LogP contribution in [0.4, 0.5) is 0 Å². The Morgan fingerprint density at radius 2 is 0.833 bits per heavy atom. The molecule has 0 aromatic carbocycles. The summed E-state index contributed by atoms with van der Waals surface area (Å²) in [5.41, 5.74) is 0. The quantitative estimate of drug-likeness (QED) is 0.0360. The lowest BCUT2D eigenvalue weighted by Crippen LogP contribution is -2.30. The molecular weight excluding hydrogens is 669 g/mol. The van der Waals surface area contributed by atoms with Crippen molar-refractivity contribution in [3.05, 3.63) is 109 Å². The van der Waals surface area contributed by atoms with Crippen LogP contribution in [0.15, 0.2) is 109 Å². The van der Waals surface area contributed by atoms with E-state index < -0.39 is 6.10 Å². The average molecular weight is 747 g/mol. The minimum Gasteiger partial charge on any atom is -0.462 e. The van der Waals surface area contributed by atoms with Crippen molar-refractivity contribution in [1.29, 1.82) is 0 Å². The van der Waals surface area contributed by atoms with Crippen molar-refractivity contribution in [3.8, 4) is 0 Å². The minimum absolute atomic E-state index is 0.0397. The second-order valence-electron chi connectivity index (χ2n) is 13.5. The molecule has 0 rings (SSSR count). The van der Waals surface area contributed by atoms with E-state index in [0.29, 0.717) is 19.4 Å². The monoisotopic (exact) mass is 747 g/mol. The molecule has 0 radical (unpaired) electrons. The summed E-state index contributed by atoms with van der Waals surface area (Å²) >= 11 is 0. The first-order valence-corrected chi connectivity index (χ1v) is 21.4. The van der Waals surface area contributed by atoms with Gasteiger partial charge in [-0.25, -0.2) is 0 Å². The topological polar surface area (TPSA) is 61.8 Å². The molecule has 0 aliphatic heterocycles. The van der Waals surface area contributed by atoms with Gasteiger partial charge in [-0.05, 0) is 96.3 Å². The number of unbranched alkanes of at least 4 members (excludes halogenated alkanes) is 8. The zero-order valence-electron chi connectivity index (χ0n) is 34.7. The predicted octanol–water partition coefficient (Wildman–Crippen LogP) is 14.1. The first kappa shape index (κ1) is 50.6. The molecule has 0 aromatic heterocycles. The van der Waals surface area contributed by atoms with Crippen LogP contribution in [-0.4, -0.2) is 37.9 Å². The fraction of sp³-hybridized carbons (Fsp3) is 0.592. The smallest absolute Gasteiger partial charge is 0.306 e. The zero-order valence-corrected chi connectivity index (χ0v) is 34.7. The van der Waals surface area contributed by atoms with Crippen LogP contribution in [0.2, 0.25) is 0 Å². The summed E-state index contributed by atoms with van der Waals surface area (Å²) in [6.45, 7) is 7.31. The van der Waals surface area contributed by atoms with Gasteiger partial charge in [-0.15, -0.1) is 0 Å². The van der Waals surface area contributed by atoms with Gasteiger partial charge in [0.2, 0.25) is 0 Å².